The summed E-state index contributed by atoms with van der Waals surface area (Å²) in [6.07, 6.45) is 2.65. The molecule has 0 spiro atoms. The summed E-state index contributed by atoms with van der Waals surface area (Å²) < 4.78 is 0. The van der Waals surface area contributed by atoms with E-state index in [0.717, 1.165) is 5.56 Å². The number of aliphatic imine (C=N–C) groups is 2. The summed E-state index contributed by atoms with van der Waals surface area (Å²) >= 11 is 0. The number of hydrogen-bond acceptors (Lipinski definition) is 4. The Hall–Kier alpha value is -2.50. The Morgan fingerprint density at radius 1 is 1.41 bits per heavy atom. The van der Waals surface area contributed by atoms with Crippen molar-refractivity contribution in [3.63, 3.8) is 0 Å². The lowest BCUT2D eigenvalue weighted by molar-refractivity contribution is -0.119. The van der Waals surface area contributed by atoms with E-state index < -0.39 is 6.04 Å². The van der Waals surface area contributed by atoms with Gasteiger partial charge in [-0.2, -0.15) is 0 Å². The average molecular weight is 230 g/mol. The van der Waals surface area contributed by atoms with Gasteiger partial charge in [0, 0.05) is 6.21 Å². The van der Waals surface area contributed by atoms with E-state index >= 15 is 0 Å². The van der Waals surface area contributed by atoms with Crippen LogP contribution >= 0.6 is 0 Å². The molecule has 1 aliphatic heterocycles. The molecule has 0 bridgehead atoms. The van der Waals surface area contributed by atoms with Gasteiger partial charge in [0.05, 0.1) is 6.34 Å². The fraction of sp³-hybridized carbons (Fsp3) is 0.0909. The van der Waals surface area contributed by atoms with Crippen molar-refractivity contribution in [2.24, 2.45) is 9.98 Å². The van der Waals surface area contributed by atoms with Crippen LogP contribution in [0.4, 0.5) is 0 Å². The first-order valence-electron chi connectivity index (χ1n) is 4.90. The number of carbonyl (C=O) groups is 1. The van der Waals surface area contributed by atoms with Crippen LogP contribution in [-0.4, -0.2) is 35.4 Å². The van der Waals surface area contributed by atoms with Crippen molar-refractivity contribution in [3.05, 3.63) is 29.8 Å². The Kier molecular flexibility index (Phi) is 2.95. The van der Waals surface area contributed by atoms with E-state index in [0.29, 0.717) is 0 Å². The molecule has 1 aromatic rings. The van der Waals surface area contributed by atoms with Crippen LogP contribution < -0.4 is 5.32 Å². The first-order valence-corrected chi connectivity index (χ1v) is 4.90. The molecule has 0 saturated carbocycles. The maximum absolute atomic E-state index is 11.4. The van der Waals surface area contributed by atoms with Gasteiger partial charge in [0.15, 0.2) is 11.9 Å². The van der Waals surface area contributed by atoms with Gasteiger partial charge in [-0.3, -0.25) is 15.2 Å². The molecule has 0 saturated heterocycles. The van der Waals surface area contributed by atoms with Crippen LogP contribution in [0.2, 0.25) is 0 Å². The molecule has 1 unspecified atom stereocenters. The van der Waals surface area contributed by atoms with Gasteiger partial charge in [0.2, 0.25) is 0 Å². The predicted molar refractivity (Wildman–Crippen MR) is 63.9 cm³/mol. The molecule has 6 heteroatoms. The minimum absolute atomic E-state index is 0.0937. The van der Waals surface area contributed by atoms with E-state index in [9.17, 15) is 4.79 Å². The van der Waals surface area contributed by atoms with Crippen LogP contribution in [0.3, 0.4) is 0 Å². The Morgan fingerprint density at radius 2 is 2.12 bits per heavy atom. The maximum atomic E-state index is 11.4. The van der Waals surface area contributed by atoms with E-state index in [1.807, 2.05) is 0 Å². The molecule has 0 aliphatic carbocycles. The third-order valence-corrected chi connectivity index (χ3v) is 2.18. The highest BCUT2D eigenvalue weighted by Crippen LogP contribution is 2.08. The molecule has 86 valence electrons. The Bertz CT molecular complexity index is 505. The molecule has 1 heterocycles. The summed E-state index contributed by atoms with van der Waals surface area (Å²) in [5, 5.41) is 18.9. The summed E-state index contributed by atoms with van der Waals surface area (Å²) in [4.78, 5) is 19.0. The van der Waals surface area contributed by atoms with E-state index in [1.165, 1.54) is 24.7 Å². The van der Waals surface area contributed by atoms with Gasteiger partial charge < -0.3 is 10.4 Å². The van der Waals surface area contributed by atoms with Crippen molar-refractivity contribution in [3.8, 4) is 5.75 Å². The lowest BCUT2D eigenvalue weighted by atomic mass is 10.2. The predicted octanol–water partition coefficient (Wildman–Crippen LogP) is 0.315. The van der Waals surface area contributed by atoms with Gasteiger partial charge in [0.25, 0.3) is 5.91 Å². The summed E-state index contributed by atoms with van der Waals surface area (Å²) in [5.74, 6) is -0.307. The molecule has 3 N–H and O–H groups in total. The molecule has 6 nitrogen and oxygen atoms in total. The Balaban J connectivity index is 2.15. The van der Waals surface area contributed by atoms with E-state index in [1.54, 1.807) is 12.1 Å². The number of carbonyl (C=O) groups excluding carboxylic acids is 1. The van der Waals surface area contributed by atoms with Crippen LogP contribution in [0, 0.1) is 5.41 Å². The smallest absolute Gasteiger partial charge is 0.257 e. The van der Waals surface area contributed by atoms with Gasteiger partial charge in [-0.25, -0.2) is 4.99 Å². The number of aromatic hydroxyl groups is 1. The number of amides is 1. The molecule has 1 aromatic carbocycles. The highest BCUT2D eigenvalue weighted by molar-refractivity contribution is 6.15. The van der Waals surface area contributed by atoms with Gasteiger partial charge in [0.1, 0.15) is 5.75 Å². The van der Waals surface area contributed by atoms with Crippen LogP contribution in [-0.2, 0) is 4.79 Å². The van der Waals surface area contributed by atoms with E-state index in [2.05, 4.69) is 15.3 Å². The Morgan fingerprint density at radius 3 is 2.76 bits per heavy atom. The van der Waals surface area contributed by atoms with Crippen molar-refractivity contribution in [2.45, 2.75) is 6.04 Å². The SMILES string of the molecule is N=C1N=CNC(=O)C1N=Cc1ccc(O)cc1. The summed E-state index contributed by atoms with van der Waals surface area (Å²) in [6, 6.07) is 5.45. The number of nitrogens with one attached hydrogen (secondary N) is 2. The number of phenols is 1. The number of phenolic OH excluding ortho intramolecular Hbond substituents is 1. The number of rotatable bonds is 2. The van der Waals surface area contributed by atoms with Crippen LogP contribution in [0.1, 0.15) is 5.56 Å². The summed E-state index contributed by atoms with van der Waals surface area (Å²) in [7, 11) is 0. The third-order valence-electron chi connectivity index (χ3n) is 2.18. The average Bonchev–Trinajstić information content (AvgIpc) is 2.31. The normalized spacial score (nSPS) is 19.6. The fourth-order valence-corrected chi connectivity index (χ4v) is 1.30. The lowest BCUT2D eigenvalue weighted by Crippen LogP contribution is -2.41. The van der Waals surface area contributed by atoms with Gasteiger partial charge >= 0.3 is 0 Å². The zero-order valence-electron chi connectivity index (χ0n) is 8.79. The number of nitrogens with zero attached hydrogens (tertiary/aromatic N) is 2. The molecule has 0 fully saturated rings. The second-order valence-corrected chi connectivity index (χ2v) is 3.42. The first-order chi connectivity index (χ1) is 8.16. The minimum Gasteiger partial charge on any atom is -0.508 e. The molecule has 1 aliphatic rings. The van der Waals surface area contributed by atoms with Crippen LogP contribution in [0.15, 0.2) is 34.3 Å². The molecule has 1 amide bonds. The maximum Gasteiger partial charge on any atom is 0.257 e. The van der Waals surface area contributed by atoms with Crippen molar-refractivity contribution in [1.82, 2.24) is 5.32 Å². The molecule has 0 aromatic heterocycles. The monoisotopic (exact) mass is 230 g/mol. The van der Waals surface area contributed by atoms with Crippen LogP contribution in [0.5, 0.6) is 5.75 Å². The fourth-order valence-electron chi connectivity index (χ4n) is 1.30. The molecule has 1 atom stereocenters. The van der Waals surface area contributed by atoms with Gasteiger partial charge in [-0.15, -0.1) is 0 Å². The van der Waals surface area contributed by atoms with Gasteiger partial charge in [-0.05, 0) is 29.8 Å². The van der Waals surface area contributed by atoms with Crippen molar-refractivity contribution >= 4 is 24.3 Å². The molecular weight excluding hydrogens is 220 g/mol. The Labute approximate surface area is 97.2 Å². The van der Waals surface area contributed by atoms with E-state index in [4.69, 9.17) is 10.5 Å². The highest BCUT2D eigenvalue weighted by atomic mass is 16.3. The quantitative estimate of drug-likeness (QED) is 0.637. The standard InChI is InChI=1S/C11H10N4O2/c12-10-9(11(17)15-6-14-10)13-5-7-1-3-8(16)4-2-7/h1-6,9,16H,(H2,12,14,15,17). The molecular formula is C11H10N4O2. The second kappa shape index (κ2) is 4.56. The second-order valence-electron chi connectivity index (χ2n) is 3.42. The van der Waals surface area contributed by atoms with Crippen LogP contribution in [0.25, 0.3) is 0 Å². The number of hydrogen-bond donors (Lipinski definition) is 3. The topological polar surface area (TPSA) is 97.9 Å². The molecule has 17 heavy (non-hydrogen) atoms. The zero-order valence-corrected chi connectivity index (χ0v) is 8.79. The van der Waals surface area contributed by atoms with E-state index in [-0.39, 0.29) is 17.5 Å². The van der Waals surface area contributed by atoms with Crippen molar-refractivity contribution < 1.29 is 9.90 Å². The largest absolute Gasteiger partial charge is 0.508 e. The van der Waals surface area contributed by atoms with Crippen molar-refractivity contribution in [1.29, 1.82) is 5.41 Å². The summed E-state index contributed by atoms with van der Waals surface area (Å²) in [6.45, 7) is 0. The highest BCUT2D eigenvalue weighted by Gasteiger charge is 2.23. The minimum atomic E-state index is -0.909. The zero-order chi connectivity index (χ0) is 12.3. The molecule has 0 radical (unpaired) electrons. The molecule has 2 rings (SSSR count). The number of amidine groups is 1. The van der Waals surface area contributed by atoms with Crippen molar-refractivity contribution in [2.75, 3.05) is 0 Å². The lowest BCUT2D eigenvalue weighted by Gasteiger charge is -2.12. The number of benzene rings is 1. The van der Waals surface area contributed by atoms with Gasteiger partial charge in [-0.1, -0.05) is 0 Å². The summed E-state index contributed by atoms with van der Waals surface area (Å²) in [5.41, 5.74) is 0.734. The first kappa shape index (κ1) is 11.0. The third kappa shape index (κ3) is 2.54.